The van der Waals surface area contributed by atoms with Crippen LogP contribution in [0.4, 0.5) is 0 Å². The van der Waals surface area contributed by atoms with E-state index in [1.807, 2.05) is 0 Å². The van der Waals surface area contributed by atoms with E-state index in [-0.39, 0.29) is 11.7 Å². The molecule has 2 aliphatic rings. The molecule has 0 saturated carbocycles. The largest absolute Gasteiger partial charge is 0.454 e. The molecule has 3 rings (SSSR count). The van der Waals surface area contributed by atoms with Crippen LogP contribution < -0.4 is 14.4 Å². The first-order chi connectivity index (χ1) is 10.1. The van der Waals surface area contributed by atoms with Gasteiger partial charge in [-0.05, 0) is 38.1 Å². The summed E-state index contributed by atoms with van der Waals surface area (Å²) in [7, 11) is -3.70. The van der Waals surface area contributed by atoms with Crippen LogP contribution in [-0.4, -0.2) is 46.4 Å². The zero-order valence-corrected chi connectivity index (χ0v) is 12.4. The van der Waals surface area contributed by atoms with Crippen LogP contribution >= 0.6 is 0 Å². The number of sulfonamides is 1. The quantitative estimate of drug-likeness (QED) is 0.616. The van der Waals surface area contributed by atoms with E-state index in [0.29, 0.717) is 18.1 Å². The van der Waals surface area contributed by atoms with Gasteiger partial charge in [-0.25, -0.2) is 8.42 Å². The Kier molecular flexibility index (Phi) is 4.29. The predicted octanol–water partition coefficient (Wildman–Crippen LogP) is 0.721. The highest BCUT2D eigenvalue weighted by atomic mass is 32.2. The molecule has 0 unspecified atom stereocenters. The number of benzene rings is 1. The van der Waals surface area contributed by atoms with Gasteiger partial charge in [-0.15, -0.1) is 0 Å². The van der Waals surface area contributed by atoms with Crippen molar-refractivity contribution >= 4 is 10.0 Å². The van der Waals surface area contributed by atoms with Crippen LogP contribution in [0.15, 0.2) is 23.1 Å². The molecule has 0 amide bonds. The van der Waals surface area contributed by atoms with Crippen molar-refractivity contribution in [1.29, 1.82) is 0 Å². The molecular formula is C13H18N2O5S. The summed E-state index contributed by atoms with van der Waals surface area (Å²) in [5.74, 6) is 0.971. The van der Waals surface area contributed by atoms with E-state index in [1.54, 1.807) is 6.07 Å². The molecule has 2 heterocycles. The van der Waals surface area contributed by atoms with E-state index >= 15 is 0 Å². The fourth-order valence-electron chi connectivity index (χ4n) is 2.39. The predicted molar refractivity (Wildman–Crippen MR) is 74.5 cm³/mol. The number of ether oxygens (including phenoxy) is 2. The number of nitrogens with one attached hydrogen (secondary N) is 1. The highest BCUT2D eigenvalue weighted by Crippen LogP contribution is 2.33. The molecule has 7 nitrogen and oxygen atoms in total. The number of likely N-dealkylation sites (tertiary alicyclic amines) is 1. The van der Waals surface area contributed by atoms with Gasteiger partial charge < -0.3 is 14.4 Å². The normalized spacial score (nSPS) is 18.3. The molecule has 21 heavy (non-hydrogen) atoms. The monoisotopic (exact) mass is 314 g/mol. The summed E-state index contributed by atoms with van der Waals surface area (Å²) >= 11 is 0. The second-order valence-corrected chi connectivity index (χ2v) is 6.64. The topological polar surface area (TPSA) is 77.1 Å². The lowest BCUT2D eigenvalue weighted by Gasteiger charge is -2.14. The Morgan fingerprint density at radius 2 is 1.95 bits per heavy atom. The first-order valence-electron chi connectivity index (χ1n) is 6.91. The molecule has 1 saturated heterocycles. The van der Waals surface area contributed by atoms with Crippen molar-refractivity contribution in [3.8, 4) is 11.5 Å². The molecule has 0 spiro atoms. The fraction of sp³-hybridized carbons (Fsp3) is 0.538. The first-order valence-corrected chi connectivity index (χ1v) is 8.39. The Balaban J connectivity index is 1.53. The average molecular weight is 314 g/mol. The first kappa shape index (κ1) is 14.6. The molecule has 1 N–H and O–H groups in total. The molecule has 0 radical (unpaired) electrons. The minimum Gasteiger partial charge on any atom is -0.454 e. The number of hydrogen-bond donors (Lipinski definition) is 1. The molecule has 116 valence electrons. The van der Waals surface area contributed by atoms with E-state index in [9.17, 15) is 8.42 Å². The zero-order chi connectivity index (χ0) is 14.7. The molecule has 0 aliphatic carbocycles. The molecule has 1 aromatic rings. The van der Waals surface area contributed by atoms with Gasteiger partial charge in [0, 0.05) is 12.6 Å². The summed E-state index contributed by atoms with van der Waals surface area (Å²) in [6.45, 7) is 3.27. The van der Waals surface area contributed by atoms with Crippen molar-refractivity contribution in [2.24, 2.45) is 0 Å². The van der Waals surface area contributed by atoms with E-state index in [2.05, 4.69) is 9.79 Å². The van der Waals surface area contributed by atoms with Gasteiger partial charge in [0.2, 0.25) is 6.79 Å². The number of hydrogen-bond acceptors (Lipinski definition) is 6. The van der Waals surface area contributed by atoms with Gasteiger partial charge in [0.15, 0.2) is 11.5 Å². The highest BCUT2D eigenvalue weighted by Gasteiger charge is 2.20. The van der Waals surface area contributed by atoms with Crippen molar-refractivity contribution in [3.05, 3.63) is 18.2 Å². The van der Waals surface area contributed by atoms with Crippen molar-refractivity contribution in [1.82, 2.24) is 9.79 Å². The average Bonchev–Trinajstić information content (AvgIpc) is 3.13. The van der Waals surface area contributed by atoms with Gasteiger partial charge in [0.25, 0.3) is 10.0 Å². The lowest BCUT2D eigenvalue weighted by Crippen LogP contribution is -2.30. The zero-order valence-electron chi connectivity index (χ0n) is 11.6. The van der Waals surface area contributed by atoms with Crippen molar-refractivity contribution in [2.45, 2.75) is 17.7 Å². The third-order valence-corrected chi connectivity index (χ3v) is 4.74. The Morgan fingerprint density at radius 1 is 1.19 bits per heavy atom. The van der Waals surface area contributed by atoms with Crippen LogP contribution in [0.3, 0.4) is 0 Å². The van der Waals surface area contributed by atoms with Crippen molar-refractivity contribution in [3.63, 3.8) is 0 Å². The highest BCUT2D eigenvalue weighted by molar-refractivity contribution is 7.89. The third kappa shape index (κ3) is 3.46. The SMILES string of the molecule is O=S(=O)(NOCCN1CCCC1)c1ccc2c(c1)OCO2. The molecule has 2 aliphatic heterocycles. The fourth-order valence-corrected chi connectivity index (χ4v) is 3.24. The smallest absolute Gasteiger partial charge is 0.262 e. The van der Waals surface area contributed by atoms with Gasteiger partial charge in [0.05, 0.1) is 11.5 Å². The maximum atomic E-state index is 12.1. The van der Waals surface area contributed by atoms with Crippen LogP contribution in [0.1, 0.15) is 12.8 Å². The van der Waals surface area contributed by atoms with Crippen LogP contribution in [0.2, 0.25) is 0 Å². The maximum Gasteiger partial charge on any atom is 0.262 e. The van der Waals surface area contributed by atoms with Crippen LogP contribution in [-0.2, 0) is 14.9 Å². The summed E-state index contributed by atoms with van der Waals surface area (Å²) in [6.07, 6.45) is 2.39. The molecule has 0 atom stereocenters. The van der Waals surface area contributed by atoms with Crippen molar-refractivity contribution in [2.75, 3.05) is 33.0 Å². The lowest BCUT2D eigenvalue weighted by atomic mass is 10.3. The number of fused-ring (bicyclic) bond motifs is 1. The van der Waals surface area contributed by atoms with E-state index in [4.69, 9.17) is 14.3 Å². The summed E-state index contributed by atoms with van der Waals surface area (Å²) < 4.78 is 34.5. The van der Waals surface area contributed by atoms with Gasteiger partial charge in [-0.1, -0.05) is 4.89 Å². The van der Waals surface area contributed by atoms with E-state index < -0.39 is 10.0 Å². The summed E-state index contributed by atoms with van der Waals surface area (Å²) in [5.41, 5.74) is 0. The van der Waals surface area contributed by atoms with Gasteiger partial charge in [0.1, 0.15) is 0 Å². The maximum absolute atomic E-state index is 12.1. The number of nitrogens with zero attached hydrogens (tertiary/aromatic N) is 1. The Hall–Kier alpha value is -1.35. The summed E-state index contributed by atoms with van der Waals surface area (Å²) in [6, 6.07) is 4.45. The standard InChI is InChI=1S/C13H18N2O5S/c16-21(17,14-20-8-7-15-5-1-2-6-15)11-3-4-12-13(9-11)19-10-18-12/h3-4,9,14H,1-2,5-8,10H2. The third-order valence-electron chi connectivity index (χ3n) is 3.53. The van der Waals surface area contributed by atoms with Gasteiger partial charge in [-0.3, -0.25) is 4.84 Å². The molecular weight excluding hydrogens is 296 g/mol. The Bertz CT molecular complexity index is 599. The molecule has 0 bridgehead atoms. The molecule has 1 fully saturated rings. The summed E-state index contributed by atoms with van der Waals surface area (Å²) in [4.78, 5) is 9.56. The van der Waals surface area contributed by atoms with E-state index in [0.717, 1.165) is 19.6 Å². The van der Waals surface area contributed by atoms with Crippen LogP contribution in [0.5, 0.6) is 11.5 Å². The summed E-state index contributed by atoms with van der Waals surface area (Å²) in [5, 5.41) is 0. The van der Waals surface area contributed by atoms with Gasteiger partial charge >= 0.3 is 0 Å². The van der Waals surface area contributed by atoms with Crippen LogP contribution in [0.25, 0.3) is 0 Å². The van der Waals surface area contributed by atoms with Crippen LogP contribution in [0, 0.1) is 0 Å². The molecule has 0 aromatic heterocycles. The molecule has 1 aromatic carbocycles. The van der Waals surface area contributed by atoms with E-state index in [1.165, 1.54) is 25.0 Å². The Morgan fingerprint density at radius 3 is 2.76 bits per heavy atom. The number of rotatable bonds is 6. The van der Waals surface area contributed by atoms with Gasteiger partial charge in [-0.2, -0.15) is 0 Å². The second-order valence-electron chi connectivity index (χ2n) is 5.00. The lowest BCUT2D eigenvalue weighted by molar-refractivity contribution is 0.0756. The minimum absolute atomic E-state index is 0.0907. The Labute approximate surface area is 123 Å². The van der Waals surface area contributed by atoms with Crippen molar-refractivity contribution < 1.29 is 22.7 Å². The minimum atomic E-state index is -3.70. The molecule has 8 heteroatoms. The second kappa shape index (κ2) is 6.18.